The summed E-state index contributed by atoms with van der Waals surface area (Å²) in [5.41, 5.74) is 1.61. The molecule has 0 aliphatic rings. The molecule has 8 nitrogen and oxygen atoms in total. The van der Waals surface area contributed by atoms with Crippen molar-refractivity contribution in [2.24, 2.45) is 0 Å². The van der Waals surface area contributed by atoms with Gasteiger partial charge in [-0.3, -0.25) is 4.98 Å². The van der Waals surface area contributed by atoms with Crippen molar-refractivity contribution in [2.75, 3.05) is 6.26 Å². The van der Waals surface area contributed by atoms with Gasteiger partial charge in [0.15, 0.2) is 21.3 Å². The third-order valence-corrected chi connectivity index (χ3v) is 6.37. The van der Waals surface area contributed by atoms with Crippen LogP contribution in [0, 0.1) is 5.82 Å². The Bertz CT molecular complexity index is 1630. The summed E-state index contributed by atoms with van der Waals surface area (Å²) < 4.78 is 43.8. The topological polar surface area (TPSA) is 119 Å². The summed E-state index contributed by atoms with van der Waals surface area (Å²) in [7, 11) is -3.57. The van der Waals surface area contributed by atoms with Gasteiger partial charge in [0, 0.05) is 23.4 Å². The largest absolute Gasteiger partial charge is 0.504 e. The average Bonchev–Trinajstić information content (AvgIpc) is 3.29. The van der Waals surface area contributed by atoms with Crippen LogP contribution in [-0.2, 0) is 16.3 Å². The van der Waals surface area contributed by atoms with Crippen molar-refractivity contribution in [1.82, 2.24) is 20.2 Å². The van der Waals surface area contributed by atoms with E-state index in [-0.39, 0.29) is 45.9 Å². The zero-order valence-electron chi connectivity index (χ0n) is 17.8. The number of halogens is 1. The summed E-state index contributed by atoms with van der Waals surface area (Å²) in [6.45, 7) is 0. The normalized spacial score (nSPS) is 11.7. The van der Waals surface area contributed by atoms with Crippen molar-refractivity contribution in [1.29, 1.82) is 0 Å². The molecule has 0 aliphatic carbocycles. The second-order valence-corrected chi connectivity index (χ2v) is 9.61. The van der Waals surface area contributed by atoms with Crippen molar-refractivity contribution in [2.45, 2.75) is 11.3 Å². The zero-order valence-corrected chi connectivity index (χ0v) is 18.6. The SMILES string of the molecule is CS(=O)(=O)c1ccccc1-c1nc(-c2nnc(Cc3ccc(F)cc3)o2)c(O)c2ncccc12. The lowest BCUT2D eigenvalue weighted by atomic mass is 10.0. The Hall–Kier alpha value is -4.18. The Balaban J connectivity index is 1.67. The summed E-state index contributed by atoms with van der Waals surface area (Å²) in [4.78, 5) is 8.90. The van der Waals surface area contributed by atoms with E-state index in [1.807, 2.05) is 0 Å². The maximum absolute atomic E-state index is 13.2. The molecule has 2 aromatic carbocycles. The third kappa shape index (κ3) is 3.99. The highest BCUT2D eigenvalue weighted by Crippen LogP contribution is 2.39. The minimum Gasteiger partial charge on any atom is -0.504 e. The number of fused-ring (bicyclic) bond motifs is 1. The molecule has 3 heterocycles. The van der Waals surface area contributed by atoms with Gasteiger partial charge in [0.25, 0.3) is 5.89 Å². The molecule has 0 aliphatic heterocycles. The summed E-state index contributed by atoms with van der Waals surface area (Å²) in [6, 6.07) is 15.7. The smallest absolute Gasteiger partial charge is 0.270 e. The van der Waals surface area contributed by atoms with Gasteiger partial charge in [-0.25, -0.2) is 17.8 Å². The molecule has 0 atom stereocenters. The molecule has 0 radical (unpaired) electrons. The van der Waals surface area contributed by atoms with Gasteiger partial charge in [-0.15, -0.1) is 10.2 Å². The van der Waals surface area contributed by atoms with Crippen LogP contribution >= 0.6 is 0 Å². The van der Waals surface area contributed by atoms with Crippen LogP contribution in [-0.4, -0.2) is 39.9 Å². The predicted octanol–water partition coefficient (Wildman–Crippen LogP) is 4.19. The molecule has 1 N–H and O–H groups in total. The number of nitrogens with zero attached hydrogens (tertiary/aromatic N) is 4. The molecule has 10 heteroatoms. The highest BCUT2D eigenvalue weighted by Gasteiger charge is 2.24. The van der Waals surface area contributed by atoms with Gasteiger partial charge >= 0.3 is 0 Å². The van der Waals surface area contributed by atoms with Gasteiger partial charge in [-0.1, -0.05) is 30.3 Å². The van der Waals surface area contributed by atoms with E-state index in [1.165, 1.54) is 24.4 Å². The van der Waals surface area contributed by atoms with Crippen LogP contribution in [0.25, 0.3) is 33.7 Å². The van der Waals surface area contributed by atoms with E-state index in [2.05, 4.69) is 20.2 Å². The first kappa shape index (κ1) is 21.7. The molecule has 0 amide bonds. The molecule has 0 spiro atoms. The monoisotopic (exact) mass is 476 g/mol. The van der Waals surface area contributed by atoms with Crippen molar-refractivity contribution >= 4 is 20.7 Å². The molecule has 0 bridgehead atoms. The first-order valence-electron chi connectivity index (χ1n) is 10.2. The molecule has 0 unspecified atom stereocenters. The predicted molar refractivity (Wildman–Crippen MR) is 122 cm³/mol. The Kier molecular flexibility index (Phi) is 5.29. The van der Waals surface area contributed by atoms with Crippen LogP contribution in [0.1, 0.15) is 11.5 Å². The lowest BCUT2D eigenvalue weighted by Gasteiger charge is -2.12. The van der Waals surface area contributed by atoms with Crippen molar-refractivity contribution in [3.63, 3.8) is 0 Å². The van der Waals surface area contributed by atoms with Crippen LogP contribution in [0.5, 0.6) is 5.75 Å². The number of aromatic nitrogens is 4. The molecule has 34 heavy (non-hydrogen) atoms. The van der Waals surface area contributed by atoms with Gasteiger partial charge < -0.3 is 9.52 Å². The van der Waals surface area contributed by atoms with E-state index in [0.717, 1.165) is 11.8 Å². The molecule has 5 aromatic rings. The summed E-state index contributed by atoms with van der Waals surface area (Å²) in [5.74, 6) is -0.440. The number of aromatic hydroxyl groups is 1. The average molecular weight is 476 g/mol. The highest BCUT2D eigenvalue weighted by atomic mass is 32.2. The summed E-state index contributed by atoms with van der Waals surface area (Å²) in [5, 5.41) is 19.4. The first-order chi connectivity index (χ1) is 16.3. The van der Waals surface area contributed by atoms with Crippen molar-refractivity contribution in [3.8, 4) is 28.6 Å². The lowest BCUT2D eigenvalue weighted by molar-refractivity contribution is 0.471. The van der Waals surface area contributed by atoms with E-state index in [1.54, 1.807) is 42.5 Å². The second kappa shape index (κ2) is 8.31. The van der Waals surface area contributed by atoms with Gasteiger partial charge in [0.05, 0.1) is 17.0 Å². The Morgan fingerprint density at radius 2 is 1.74 bits per heavy atom. The highest BCUT2D eigenvalue weighted by molar-refractivity contribution is 7.90. The number of sulfone groups is 1. The Morgan fingerprint density at radius 1 is 0.971 bits per heavy atom. The van der Waals surface area contributed by atoms with Crippen LogP contribution in [0.4, 0.5) is 4.39 Å². The molecule has 3 aromatic heterocycles. The molecule has 0 fully saturated rings. The number of hydrogen-bond acceptors (Lipinski definition) is 8. The van der Waals surface area contributed by atoms with E-state index >= 15 is 0 Å². The van der Waals surface area contributed by atoms with Crippen LogP contribution in [0.2, 0.25) is 0 Å². The fraction of sp³-hybridized carbons (Fsp3) is 0.0833. The Morgan fingerprint density at radius 3 is 2.50 bits per heavy atom. The molecule has 0 saturated carbocycles. The zero-order chi connectivity index (χ0) is 23.9. The first-order valence-corrected chi connectivity index (χ1v) is 12.0. The van der Waals surface area contributed by atoms with Gasteiger partial charge in [-0.2, -0.15) is 0 Å². The van der Waals surface area contributed by atoms with Gasteiger partial charge in [0.1, 0.15) is 11.3 Å². The summed E-state index contributed by atoms with van der Waals surface area (Å²) >= 11 is 0. The maximum Gasteiger partial charge on any atom is 0.270 e. The molecule has 0 saturated heterocycles. The quantitative estimate of drug-likeness (QED) is 0.401. The lowest BCUT2D eigenvalue weighted by Crippen LogP contribution is -2.02. The van der Waals surface area contributed by atoms with Crippen LogP contribution in [0.15, 0.2) is 76.2 Å². The standard InChI is InChI=1S/C24H17FN4O4S/c1-34(31,32)18-7-3-2-5-16(18)20-17-6-4-12-26-21(17)23(30)22(27-20)24-29-28-19(33-24)13-14-8-10-15(25)11-9-14/h2-12,30H,13H2,1H3. The summed E-state index contributed by atoms with van der Waals surface area (Å²) in [6.07, 6.45) is 2.88. The second-order valence-electron chi connectivity index (χ2n) is 7.63. The van der Waals surface area contributed by atoms with Crippen LogP contribution in [0.3, 0.4) is 0 Å². The van der Waals surface area contributed by atoms with Gasteiger partial charge in [0.2, 0.25) is 5.89 Å². The molecular weight excluding hydrogens is 459 g/mol. The fourth-order valence-electron chi connectivity index (χ4n) is 3.66. The van der Waals surface area contributed by atoms with Gasteiger partial charge in [-0.05, 0) is 35.9 Å². The fourth-order valence-corrected chi connectivity index (χ4v) is 4.55. The number of rotatable bonds is 5. The van der Waals surface area contributed by atoms with Crippen molar-refractivity contribution in [3.05, 3.63) is 84.1 Å². The van der Waals surface area contributed by atoms with Crippen molar-refractivity contribution < 1.29 is 22.3 Å². The maximum atomic E-state index is 13.2. The Labute approximate surface area is 193 Å². The van der Waals surface area contributed by atoms with Crippen LogP contribution < -0.4 is 0 Å². The van der Waals surface area contributed by atoms with E-state index in [9.17, 15) is 17.9 Å². The molecule has 5 rings (SSSR count). The number of pyridine rings is 2. The number of hydrogen-bond donors (Lipinski definition) is 1. The minimum atomic E-state index is -3.57. The minimum absolute atomic E-state index is 0.0256. The molecular formula is C24H17FN4O4S. The van der Waals surface area contributed by atoms with E-state index in [0.29, 0.717) is 16.6 Å². The molecule has 170 valence electrons. The third-order valence-electron chi connectivity index (χ3n) is 5.21. The van der Waals surface area contributed by atoms with E-state index < -0.39 is 9.84 Å². The number of benzene rings is 2. The van der Waals surface area contributed by atoms with E-state index in [4.69, 9.17) is 4.42 Å².